The summed E-state index contributed by atoms with van der Waals surface area (Å²) in [6.07, 6.45) is 5.20. The first-order chi connectivity index (χ1) is 13.7. The molecule has 1 aliphatic carbocycles. The van der Waals surface area contributed by atoms with Gasteiger partial charge in [-0.3, -0.25) is 11.1 Å². The molecule has 1 nitrogen and oxygen atoms in total. The number of pyridine rings is 1. The van der Waals surface area contributed by atoms with E-state index in [1.807, 2.05) is 18.3 Å². The molecule has 0 radical (unpaired) electrons. The van der Waals surface area contributed by atoms with Crippen molar-refractivity contribution < 1.29 is 48.1 Å². The van der Waals surface area contributed by atoms with Gasteiger partial charge in [0.15, 0.2) is 0 Å². The van der Waals surface area contributed by atoms with E-state index in [0.29, 0.717) is 5.92 Å². The average Bonchev–Trinajstić information content (AvgIpc) is 3.13. The molecule has 0 bridgehead atoms. The monoisotopic (exact) mass is 545 g/mol. The molecule has 0 aliphatic heterocycles. The first-order valence-electron chi connectivity index (χ1n) is 10.1. The van der Waals surface area contributed by atoms with Gasteiger partial charge in [-0.1, -0.05) is 45.7 Å². The molecule has 0 saturated heterocycles. The van der Waals surface area contributed by atoms with Crippen molar-refractivity contribution in [2.75, 3.05) is 0 Å². The van der Waals surface area contributed by atoms with Crippen LogP contribution in [0.4, 0.5) is 0 Å². The van der Waals surface area contributed by atoms with E-state index >= 15 is 0 Å². The minimum atomic E-state index is 0. The molecule has 5 heteroatoms. The van der Waals surface area contributed by atoms with Gasteiger partial charge in [0.05, 0.1) is 0 Å². The summed E-state index contributed by atoms with van der Waals surface area (Å²) in [5.74, 6) is 0.560. The number of fused-ring (bicyclic) bond motifs is 1. The maximum absolute atomic E-state index is 4.43. The van der Waals surface area contributed by atoms with Crippen LogP contribution in [0.5, 0.6) is 0 Å². The van der Waals surface area contributed by atoms with Gasteiger partial charge in [-0.2, -0.15) is 11.1 Å². The van der Waals surface area contributed by atoms with E-state index in [9.17, 15) is 0 Å². The molecule has 0 N–H and O–H groups in total. The van der Waals surface area contributed by atoms with E-state index in [0.717, 1.165) is 5.69 Å². The third-order valence-corrected chi connectivity index (χ3v) is 5.15. The molecule has 0 spiro atoms. The quantitative estimate of drug-likeness (QED) is 0.332. The first-order valence-corrected chi connectivity index (χ1v) is 16.3. The van der Waals surface area contributed by atoms with Crippen molar-refractivity contribution >= 4 is 16.2 Å². The van der Waals surface area contributed by atoms with Crippen LogP contribution in [0, 0.1) is 18.9 Å². The topological polar surface area (TPSA) is 12.9 Å². The van der Waals surface area contributed by atoms with Crippen LogP contribution in [-0.2, 0) is 23.3 Å². The van der Waals surface area contributed by atoms with Gasteiger partial charge in [-0.05, 0) is 12.1 Å². The zero-order valence-electron chi connectivity index (χ0n) is 19.5. The van der Waals surface area contributed by atoms with Gasteiger partial charge >= 0.3 is 41.9 Å². The van der Waals surface area contributed by atoms with E-state index in [4.69, 9.17) is 0 Å². The molecule has 0 fully saturated rings. The van der Waals surface area contributed by atoms with Crippen molar-refractivity contribution in [2.24, 2.45) is 5.92 Å². The number of benzene rings is 1. The molecule has 1 heterocycles. The van der Waals surface area contributed by atoms with Crippen molar-refractivity contribution in [1.82, 2.24) is 4.98 Å². The van der Waals surface area contributed by atoms with Crippen LogP contribution in [0.15, 0.2) is 71.4 Å². The fourth-order valence-electron chi connectivity index (χ4n) is 3.38. The molecule has 1 atom stereocenters. The van der Waals surface area contributed by atoms with Crippen molar-refractivity contribution in [3.8, 4) is 11.3 Å². The van der Waals surface area contributed by atoms with Crippen LogP contribution in [-0.4, -0.2) is 10.4 Å². The van der Waals surface area contributed by atoms with Crippen LogP contribution in [0.3, 0.4) is 0 Å². The predicted octanol–water partition coefficient (Wildman–Crippen LogP) is 1.44. The Morgan fingerprint density at radius 3 is 2.00 bits per heavy atom. The number of aryl methyl sites for hydroxylation is 1. The van der Waals surface area contributed by atoms with Crippen LogP contribution in [0.25, 0.3) is 22.0 Å². The Labute approximate surface area is 216 Å². The van der Waals surface area contributed by atoms with Crippen molar-refractivity contribution in [3.05, 3.63) is 83.1 Å². The number of halogens is 2. The summed E-state index contributed by atoms with van der Waals surface area (Å²) in [6.45, 7) is 15.4. The summed E-state index contributed by atoms with van der Waals surface area (Å²) in [7, 11) is 0. The second kappa shape index (κ2) is 14.3. The Balaban J connectivity index is 0.000000516. The molecule has 2 aromatic carbocycles. The predicted molar refractivity (Wildman–Crippen MR) is 125 cm³/mol. The fourth-order valence-corrected chi connectivity index (χ4v) is 3.38. The molecule has 164 valence electrons. The fraction of sp³-hybridized carbons (Fsp3) is 0.308. The Bertz CT molecular complexity index is 1050. The number of hydrogen-bond acceptors (Lipinski definition) is 1. The van der Waals surface area contributed by atoms with Crippen molar-refractivity contribution in [1.29, 1.82) is 0 Å². The molecule has 3 aromatic rings. The van der Waals surface area contributed by atoms with E-state index in [-0.39, 0.29) is 30.2 Å². The number of hydrogen-bond donors (Lipinski definition) is 0. The van der Waals surface area contributed by atoms with Crippen LogP contribution in [0.1, 0.15) is 33.3 Å². The van der Waals surface area contributed by atoms with Gasteiger partial charge in [-0.15, -0.1) is 53.1 Å². The molecule has 4 rings (SSSR count). The third-order valence-electron chi connectivity index (χ3n) is 5.15. The Morgan fingerprint density at radius 2 is 1.55 bits per heavy atom. The molecule has 1 aliphatic rings. The molecule has 0 saturated carbocycles. The maximum Gasteiger partial charge on any atom is 0.0265 e. The van der Waals surface area contributed by atoms with E-state index in [2.05, 4.69) is 95.2 Å². The summed E-state index contributed by atoms with van der Waals surface area (Å²) < 4.78 is 0. The molecular weight excluding hydrogens is 517 g/mol. The SMILES string of the molecule is CC1=[C-]C(C)C(C)=C1C.C[Si](C)=[Zr+2].Cc1[cH-]c2ccccc2c1-c1ccccn1.[Cl-].[Cl-]. The van der Waals surface area contributed by atoms with Gasteiger partial charge in [-0.25, -0.2) is 5.57 Å². The molecule has 0 amide bonds. The minimum Gasteiger partial charge on any atom is -1.00 e. The average molecular weight is 548 g/mol. The number of rotatable bonds is 1. The van der Waals surface area contributed by atoms with Gasteiger partial charge in [0.2, 0.25) is 0 Å². The maximum atomic E-state index is 4.43. The minimum absolute atomic E-state index is 0. The van der Waals surface area contributed by atoms with Crippen molar-refractivity contribution in [2.45, 2.75) is 47.7 Å². The molecule has 1 aromatic heterocycles. The molecular formula is C26H31Cl2NSiZr-2. The van der Waals surface area contributed by atoms with Crippen LogP contribution < -0.4 is 24.8 Å². The van der Waals surface area contributed by atoms with Gasteiger partial charge in [0.25, 0.3) is 0 Å². The van der Waals surface area contributed by atoms with Gasteiger partial charge in [0.1, 0.15) is 0 Å². The van der Waals surface area contributed by atoms with E-state index in [1.54, 1.807) is 23.3 Å². The van der Waals surface area contributed by atoms with E-state index < -0.39 is 0 Å². The Morgan fingerprint density at radius 1 is 0.968 bits per heavy atom. The summed E-state index contributed by atoms with van der Waals surface area (Å²) in [5.41, 5.74) is 8.06. The normalized spacial score (nSPS) is 14.4. The van der Waals surface area contributed by atoms with Crippen LogP contribution >= 0.6 is 0 Å². The Hall–Kier alpha value is -0.860. The largest absolute Gasteiger partial charge is 1.00 e. The third kappa shape index (κ3) is 8.54. The zero-order chi connectivity index (χ0) is 21.6. The first kappa shape index (κ1) is 30.1. The number of allylic oxidation sites excluding steroid dienone is 4. The number of nitrogens with zero attached hydrogens (tertiary/aromatic N) is 1. The van der Waals surface area contributed by atoms with Crippen molar-refractivity contribution in [3.63, 3.8) is 0 Å². The zero-order valence-corrected chi connectivity index (χ0v) is 24.4. The second-order valence-electron chi connectivity index (χ2n) is 7.80. The standard InChI is InChI=1S/C15H12N.C9H13.C2H6Si.2ClH.Zr/c1-11-10-12-6-2-3-7-13(12)15(11)14-8-4-5-9-16-14;1-6-5-7(2)9(4)8(6)3;1-3-2;;;/h2-10H,1H3;6H,1-4H3;1-2H3;2*1H;/q2*-1;;;;+2/p-2. The summed E-state index contributed by atoms with van der Waals surface area (Å²) in [6, 6.07) is 16.7. The summed E-state index contributed by atoms with van der Waals surface area (Å²) >= 11 is 1.74. The second-order valence-corrected chi connectivity index (χ2v) is 17.2. The van der Waals surface area contributed by atoms with Gasteiger partial charge in [0, 0.05) is 11.9 Å². The van der Waals surface area contributed by atoms with E-state index in [1.165, 1.54) is 38.6 Å². The Kier molecular flexibility index (Phi) is 13.9. The molecule has 31 heavy (non-hydrogen) atoms. The number of aromatic nitrogens is 1. The van der Waals surface area contributed by atoms with Gasteiger partial charge < -0.3 is 24.8 Å². The summed E-state index contributed by atoms with van der Waals surface area (Å²) in [5, 5.41) is 2.58. The van der Waals surface area contributed by atoms with Crippen LogP contribution in [0.2, 0.25) is 13.1 Å². The summed E-state index contributed by atoms with van der Waals surface area (Å²) in [4.78, 5) is 4.43. The smallest absolute Gasteiger partial charge is 0.0265 e. The molecule has 1 unspecified atom stereocenters.